The molecule has 10 heteroatoms. The number of nitrogens with zero attached hydrogens (tertiary/aromatic N) is 4. The van der Waals surface area contributed by atoms with E-state index in [4.69, 9.17) is 10.5 Å². The lowest BCUT2D eigenvalue weighted by atomic mass is 10.0. The minimum Gasteiger partial charge on any atom is -0.444 e. The molecule has 0 aliphatic carbocycles. The first-order valence-corrected chi connectivity index (χ1v) is 11.0. The lowest BCUT2D eigenvalue weighted by Crippen LogP contribution is -2.40. The van der Waals surface area contributed by atoms with E-state index >= 15 is 0 Å². The smallest absolute Gasteiger partial charge is 0.410 e. The van der Waals surface area contributed by atoms with Crippen LogP contribution in [0, 0.1) is 0 Å². The number of amides is 1. The van der Waals surface area contributed by atoms with E-state index in [0.717, 1.165) is 0 Å². The van der Waals surface area contributed by atoms with Crippen LogP contribution in [0.15, 0.2) is 47.7 Å². The molecule has 2 aromatic heterocycles. The maximum Gasteiger partial charge on any atom is 0.410 e. The molecule has 1 unspecified atom stereocenters. The second-order valence-electron chi connectivity index (χ2n) is 9.06. The monoisotopic (exact) mass is 470 g/mol. The summed E-state index contributed by atoms with van der Waals surface area (Å²) < 4.78 is 21.5. The van der Waals surface area contributed by atoms with Crippen LogP contribution in [0.2, 0.25) is 0 Å². The Hall–Kier alpha value is -3.69. The molecule has 1 aliphatic rings. The van der Waals surface area contributed by atoms with E-state index < -0.39 is 18.0 Å². The van der Waals surface area contributed by atoms with Gasteiger partial charge < -0.3 is 20.7 Å². The second kappa shape index (κ2) is 10.1. The largest absolute Gasteiger partial charge is 0.444 e. The Bertz CT molecular complexity index is 1210. The van der Waals surface area contributed by atoms with E-state index in [1.807, 2.05) is 6.08 Å². The van der Waals surface area contributed by atoms with Gasteiger partial charge in [-0.15, -0.1) is 0 Å². The van der Waals surface area contributed by atoms with Crippen molar-refractivity contribution in [2.75, 3.05) is 18.4 Å². The number of aryl methyl sites for hydroxylation is 1. The molecule has 0 saturated carbocycles. The van der Waals surface area contributed by atoms with Gasteiger partial charge in [0.25, 0.3) is 5.56 Å². The Balaban J connectivity index is 1.95. The van der Waals surface area contributed by atoms with E-state index in [1.54, 1.807) is 38.8 Å². The maximum absolute atomic E-state index is 14.6. The van der Waals surface area contributed by atoms with Crippen molar-refractivity contribution in [3.8, 4) is 0 Å². The number of pyridine rings is 1. The fourth-order valence-electron chi connectivity index (χ4n) is 3.57. The molecule has 0 fully saturated rings. The predicted octanol–water partition coefficient (Wildman–Crippen LogP) is 3.48. The number of nitrogens with one attached hydrogen (secondary N) is 1. The molecular weight excluding hydrogens is 439 g/mol. The zero-order valence-electron chi connectivity index (χ0n) is 20.0. The highest BCUT2D eigenvalue weighted by Crippen LogP contribution is 2.26. The van der Waals surface area contributed by atoms with Crippen LogP contribution in [-0.4, -0.2) is 50.5 Å². The molecule has 3 N–H and O–H groups in total. The number of carbonyl (C=O) groups excluding carboxylic acids is 1. The van der Waals surface area contributed by atoms with Crippen LogP contribution in [0.25, 0.3) is 16.6 Å². The van der Waals surface area contributed by atoms with Crippen molar-refractivity contribution >= 4 is 28.5 Å². The lowest BCUT2D eigenvalue weighted by molar-refractivity contribution is 0.0273. The third kappa shape index (κ3) is 5.81. The average Bonchev–Trinajstić information content (AvgIpc) is 2.79. The van der Waals surface area contributed by atoms with Crippen LogP contribution in [0.3, 0.4) is 0 Å². The number of aromatic nitrogens is 3. The van der Waals surface area contributed by atoms with Crippen LogP contribution in [0.4, 0.5) is 15.0 Å². The van der Waals surface area contributed by atoms with Gasteiger partial charge in [0.1, 0.15) is 23.4 Å². The van der Waals surface area contributed by atoms with Gasteiger partial charge in [-0.3, -0.25) is 9.36 Å². The van der Waals surface area contributed by atoms with E-state index in [0.29, 0.717) is 40.8 Å². The van der Waals surface area contributed by atoms with Gasteiger partial charge in [-0.05, 0) is 44.9 Å². The van der Waals surface area contributed by atoms with Gasteiger partial charge in [0, 0.05) is 37.8 Å². The summed E-state index contributed by atoms with van der Waals surface area (Å²) in [4.78, 5) is 35.7. The first-order chi connectivity index (χ1) is 16.0. The Morgan fingerprint density at radius 3 is 2.82 bits per heavy atom. The van der Waals surface area contributed by atoms with Crippen LogP contribution in [0.5, 0.6) is 0 Å². The molecule has 2 aromatic rings. The van der Waals surface area contributed by atoms with Crippen molar-refractivity contribution in [3.63, 3.8) is 0 Å². The van der Waals surface area contributed by atoms with Crippen molar-refractivity contribution in [2.45, 2.75) is 45.5 Å². The summed E-state index contributed by atoms with van der Waals surface area (Å²) in [6.07, 6.45) is 4.85. The van der Waals surface area contributed by atoms with Crippen molar-refractivity contribution in [1.82, 2.24) is 19.4 Å². The van der Waals surface area contributed by atoms with E-state index in [9.17, 15) is 14.0 Å². The molecule has 1 amide bonds. The Morgan fingerprint density at radius 2 is 2.15 bits per heavy atom. The number of rotatable bonds is 6. The predicted molar refractivity (Wildman–Crippen MR) is 131 cm³/mol. The number of carbonyl (C=O) groups is 1. The highest BCUT2D eigenvalue weighted by atomic mass is 19.1. The molecule has 0 radical (unpaired) electrons. The third-order valence-corrected chi connectivity index (χ3v) is 5.24. The molecule has 0 saturated heterocycles. The molecule has 1 aliphatic heterocycles. The SMILES string of the molecule is C=C/C(N)=C\CC(F)Nc1ncnc2c1cc(C1=CCCN(C(=O)OC(C)(C)C)C1)c(=O)n2C. The van der Waals surface area contributed by atoms with Gasteiger partial charge in [0.2, 0.25) is 0 Å². The fourth-order valence-corrected chi connectivity index (χ4v) is 3.57. The minimum absolute atomic E-state index is 0.0119. The van der Waals surface area contributed by atoms with Crippen molar-refractivity contribution < 1.29 is 13.9 Å². The summed E-state index contributed by atoms with van der Waals surface area (Å²) in [5, 5.41) is 3.21. The fraction of sp³-hybridized carbons (Fsp3) is 0.417. The van der Waals surface area contributed by atoms with Gasteiger partial charge in [0.15, 0.2) is 6.30 Å². The number of hydrogen-bond acceptors (Lipinski definition) is 7. The van der Waals surface area contributed by atoms with Crippen molar-refractivity contribution in [2.24, 2.45) is 12.8 Å². The molecule has 0 aromatic carbocycles. The molecular formula is C24H31FN6O3. The maximum atomic E-state index is 14.6. The number of hydrogen-bond donors (Lipinski definition) is 2. The zero-order valence-corrected chi connectivity index (χ0v) is 20.0. The third-order valence-electron chi connectivity index (χ3n) is 5.24. The number of halogens is 1. The van der Waals surface area contributed by atoms with Gasteiger partial charge in [0.05, 0.1) is 5.39 Å². The summed E-state index contributed by atoms with van der Waals surface area (Å²) >= 11 is 0. The highest BCUT2D eigenvalue weighted by Gasteiger charge is 2.26. The molecule has 3 heterocycles. The van der Waals surface area contributed by atoms with E-state index in [2.05, 4.69) is 21.9 Å². The van der Waals surface area contributed by atoms with Gasteiger partial charge in [-0.25, -0.2) is 19.2 Å². The Labute approximate surface area is 197 Å². The quantitative estimate of drug-likeness (QED) is 0.491. The van der Waals surface area contributed by atoms with Gasteiger partial charge in [-0.2, -0.15) is 0 Å². The number of ether oxygens (including phenoxy) is 1. The highest BCUT2D eigenvalue weighted by molar-refractivity contribution is 5.90. The Kier molecular flexibility index (Phi) is 7.38. The first-order valence-electron chi connectivity index (χ1n) is 11.0. The van der Waals surface area contributed by atoms with Crippen LogP contribution < -0.4 is 16.6 Å². The summed E-state index contributed by atoms with van der Waals surface area (Å²) in [5.74, 6) is 0.250. The second-order valence-corrected chi connectivity index (χ2v) is 9.06. The normalized spacial score (nSPS) is 15.6. The molecule has 182 valence electrons. The van der Waals surface area contributed by atoms with Crippen molar-refractivity contribution in [1.29, 1.82) is 0 Å². The van der Waals surface area contributed by atoms with Crippen LogP contribution in [-0.2, 0) is 11.8 Å². The minimum atomic E-state index is -1.46. The number of alkyl halides is 1. The molecule has 3 rings (SSSR count). The van der Waals surface area contributed by atoms with Gasteiger partial charge >= 0.3 is 6.09 Å². The summed E-state index contributed by atoms with van der Waals surface area (Å²) in [6, 6.07) is 1.64. The summed E-state index contributed by atoms with van der Waals surface area (Å²) in [6.45, 7) is 9.67. The number of nitrogens with two attached hydrogens (primary N) is 1. The molecule has 1 atom stereocenters. The molecule has 34 heavy (non-hydrogen) atoms. The average molecular weight is 471 g/mol. The summed E-state index contributed by atoms with van der Waals surface area (Å²) in [5.41, 5.74) is 6.58. The number of anilines is 1. The Morgan fingerprint density at radius 1 is 1.41 bits per heavy atom. The first kappa shape index (κ1) is 24.9. The molecule has 0 spiro atoms. The van der Waals surface area contributed by atoms with E-state index in [1.165, 1.54) is 23.0 Å². The van der Waals surface area contributed by atoms with Crippen molar-refractivity contribution in [3.05, 3.63) is 58.8 Å². The summed E-state index contributed by atoms with van der Waals surface area (Å²) in [7, 11) is 1.60. The standard InChI is InChI=1S/C24H31FN6O3/c1-6-16(26)9-10-19(25)29-20-18-12-17(22(32)30(5)21(18)28-14-27-20)15-8-7-11-31(13-15)23(33)34-24(2,3)4/h6,8-9,12,14,19H,1,7,10-11,13,26H2,2-5H3,(H,27,28,29)/b16-9+. The molecule has 9 nitrogen and oxygen atoms in total. The van der Waals surface area contributed by atoms with Crippen LogP contribution in [0.1, 0.15) is 39.2 Å². The number of fused-ring (bicyclic) bond motifs is 1. The van der Waals surface area contributed by atoms with Gasteiger partial charge in [-0.1, -0.05) is 18.7 Å². The number of allylic oxidation sites excluding steroid dienone is 1. The topological polar surface area (TPSA) is 115 Å². The zero-order chi connectivity index (χ0) is 25.0. The lowest BCUT2D eigenvalue weighted by Gasteiger charge is -2.30. The van der Waals surface area contributed by atoms with Crippen LogP contribution >= 0.6 is 0 Å². The molecule has 0 bridgehead atoms. The van der Waals surface area contributed by atoms with E-state index in [-0.39, 0.29) is 24.3 Å².